The highest BCUT2D eigenvalue weighted by atomic mass is 15.0. The van der Waals surface area contributed by atoms with Crippen molar-refractivity contribution in [1.82, 2.24) is 15.0 Å². The zero-order valence-electron chi connectivity index (χ0n) is 14.9. The number of pyridine rings is 1. The van der Waals surface area contributed by atoms with Crippen LogP contribution in [0.15, 0.2) is 67.3 Å². The Balaban J connectivity index is 1.91. The van der Waals surface area contributed by atoms with Crippen LogP contribution in [0, 0.1) is 0 Å². The molecule has 1 aliphatic rings. The Hall–Kier alpha value is -3.21. The third-order valence-corrected chi connectivity index (χ3v) is 4.29. The first-order valence-electron chi connectivity index (χ1n) is 8.68. The number of aromatic nitrogens is 3. The molecule has 3 heterocycles. The number of nitrogens with two attached hydrogens (primary N) is 1. The average molecular weight is 345 g/mol. The molecular formula is C21H23N5. The van der Waals surface area contributed by atoms with Crippen molar-refractivity contribution in [2.45, 2.75) is 19.8 Å². The van der Waals surface area contributed by atoms with Crippen LogP contribution in [-0.4, -0.2) is 21.5 Å². The zero-order valence-corrected chi connectivity index (χ0v) is 14.9. The molecule has 0 atom stereocenters. The van der Waals surface area contributed by atoms with E-state index >= 15 is 0 Å². The number of allylic oxidation sites excluding steroid dienone is 4. The quantitative estimate of drug-likeness (QED) is 0.612. The van der Waals surface area contributed by atoms with Gasteiger partial charge in [0.1, 0.15) is 12.1 Å². The van der Waals surface area contributed by atoms with Gasteiger partial charge in [0.15, 0.2) is 0 Å². The predicted octanol–water partition coefficient (Wildman–Crippen LogP) is 3.94. The minimum atomic E-state index is 0.717. The van der Waals surface area contributed by atoms with Gasteiger partial charge in [0.05, 0.1) is 11.4 Å². The Bertz CT molecular complexity index is 893. The summed E-state index contributed by atoms with van der Waals surface area (Å²) in [7, 11) is 0. The van der Waals surface area contributed by atoms with Crippen LogP contribution in [0.4, 0.5) is 5.82 Å². The highest BCUT2D eigenvalue weighted by Crippen LogP contribution is 2.31. The maximum Gasteiger partial charge on any atom is 0.134 e. The first-order valence-corrected chi connectivity index (χ1v) is 8.68. The van der Waals surface area contributed by atoms with Gasteiger partial charge in [-0.2, -0.15) is 0 Å². The van der Waals surface area contributed by atoms with E-state index in [4.69, 9.17) is 5.73 Å². The van der Waals surface area contributed by atoms with Crippen molar-refractivity contribution in [2.75, 3.05) is 11.9 Å². The Morgan fingerprint density at radius 1 is 1.35 bits per heavy atom. The summed E-state index contributed by atoms with van der Waals surface area (Å²) in [6.45, 7) is 6.90. The van der Waals surface area contributed by atoms with Crippen molar-refractivity contribution >= 4 is 17.0 Å². The summed E-state index contributed by atoms with van der Waals surface area (Å²) in [4.78, 5) is 13.3. The van der Waals surface area contributed by atoms with Crippen molar-refractivity contribution in [2.24, 2.45) is 5.73 Å². The second-order valence-corrected chi connectivity index (χ2v) is 5.98. The number of nitrogens with zero attached hydrogens (tertiary/aromatic N) is 3. The van der Waals surface area contributed by atoms with E-state index < -0.39 is 0 Å². The molecule has 132 valence electrons. The number of hydrogen-bond donors (Lipinski definition) is 2. The van der Waals surface area contributed by atoms with Crippen LogP contribution in [-0.2, 0) is 0 Å². The maximum absolute atomic E-state index is 5.88. The lowest BCUT2D eigenvalue weighted by Crippen LogP contribution is -2.11. The molecule has 3 rings (SSSR count). The maximum atomic E-state index is 5.88. The summed E-state index contributed by atoms with van der Waals surface area (Å²) in [5, 5.41) is 3.27. The Morgan fingerprint density at radius 2 is 2.23 bits per heavy atom. The van der Waals surface area contributed by atoms with Crippen molar-refractivity contribution < 1.29 is 0 Å². The van der Waals surface area contributed by atoms with Crippen LogP contribution in [0.3, 0.4) is 0 Å². The van der Waals surface area contributed by atoms with Gasteiger partial charge >= 0.3 is 0 Å². The average Bonchev–Trinajstić information content (AvgIpc) is 2.68. The molecule has 0 amide bonds. The fourth-order valence-electron chi connectivity index (χ4n) is 2.96. The highest BCUT2D eigenvalue weighted by molar-refractivity contribution is 5.87. The molecule has 0 fully saturated rings. The number of rotatable bonds is 6. The number of anilines is 1. The summed E-state index contributed by atoms with van der Waals surface area (Å²) < 4.78 is 0. The molecule has 0 radical (unpaired) electrons. The van der Waals surface area contributed by atoms with E-state index in [1.807, 2.05) is 31.2 Å². The summed E-state index contributed by atoms with van der Waals surface area (Å²) in [6, 6.07) is 5.93. The molecule has 2 aromatic heterocycles. The third kappa shape index (κ3) is 3.72. The lowest BCUT2D eigenvalue weighted by atomic mass is 9.96. The van der Waals surface area contributed by atoms with Gasteiger partial charge in [0.2, 0.25) is 0 Å². The van der Waals surface area contributed by atoms with Gasteiger partial charge in [-0.1, -0.05) is 24.8 Å². The molecule has 1 aliphatic heterocycles. The SMILES string of the molecule is C=C(CC/C=C\C)/C(=C\N)c1cc(C2=CCNc3ncccc32)ncn1. The van der Waals surface area contributed by atoms with Gasteiger partial charge < -0.3 is 11.1 Å². The minimum absolute atomic E-state index is 0.717. The van der Waals surface area contributed by atoms with Crippen LogP contribution in [0.5, 0.6) is 0 Å². The second kappa shape index (κ2) is 8.25. The fraction of sp³-hybridized carbons (Fsp3) is 0.190. The molecule has 0 aromatic carbocycles. The van der Waals surface area contributed by atoms with Crippen LogP contribution in [0.1, 0.15) is 36.7 Å². The van der Waals surface area contributed by atoms with Gasteiger partial charge in [-0.3, -0.25) is 0 Å². The summed E-state index contributed by atoms with van der Waals surface area (Å²) >= 11 is 0. The molecule has 5 heteroatoms. The van der Waals surface area contributed by atoms with Gasteiger partial charge in [-0.25, -0.2) is 15.0 Å². The Labute approximate surface area is 154 Å². The van der Waals surface area contributed by atoms with Gasteiger partial charge in [-0.05, 0) is 43.5 Å². The molecule has 0 bridgehead atoms. The monoisotopic (exact) mass is 345 g/mol. The lowest BCUT2D eigenvalue weighted by Gasteiger charge is -2.18. The molecular weight excluding hydrogens is 322 g/mol. The van der Waals surface area contributed by atoms with Gasteiger partial charge in [0, 0.05) is 35.7 Å². The summed E-state index contributed by atoms with van der Waals surface area (Å²) in [5.41, 5.74) is 11.4. The van der Waals surface area contributed by atoms with E-state index in [9.17, 15) is 0 Å². The van der Waals surface area contributed by atoms with E-state index in [0.29, 0.717) is 6.54 Å². The number of fused-ring (bicyclic) bond motifs is 1. The predicted molar refractivity (Wildman–Crippen MR) is 107 cm³/mol. The molecule has 0 saturated heterocycles. The third-order valence-electron chi connectivity index (χ3n) is 4.29. The van der Waals surface area contributed by atoms with Crippen LogP contribution in [0.2, 0.25) is 0 Å². The van der Waals surface area contributed by atoms with E-state index in [1.165, 1.54) is 0 Å². The largest absolute Gasteiger partial charge is 0.404 e. The molecule has 3 N–H and O–H groups in total. The topological polar surface area (TPSA) is 76.7 Å². The number of nitrogens with one attached hydrogen (secondary N) is 1. The van der Waals surface area contributed by atoms with E-state index in [2.05, 4.69) is 39.0 Å². The normalized spacial score (nSPS) is 13.9. The van der Waals surface area contributed by atoms with Crippen LogP contribution < -0.4 is 11.1 Å². The molecule has 0 unspecified atom stereocenters. The van der Waals surface area contributed by atoms with Crippen molar-refractivity contribution in [3.63, 3.8) is 0 Å². The van der Waals surface area contributed by atoms with Gasteiger partial charge in [-0.15, -0.1) is 0 Å². The lowest BCUT2D eigenvalue weighted by molar-refractivity contribution is 1.01. The van der Waals surface area contributed by atoms with Crippen LogP contribution >= 0.6 is 0 Å². The fourth-order valence-corrected chi connectivity index (χ4v) is 2.96. The molecule has 5 nitrogen and oxygen atoms in total. The molecule has 0 spiro atoms. The van der Waals surface area contributed by atoms with E-state index in [-0.39, 0.29) is 0 Å². The van der Waals surface area contributed by atoms with Crippen LogP contribution in [0.25, 0.3) is 11.1 Å². The zero-order chi connectivity index (χ0) is 18.4. The summed E-state index contributed by atoms with van der Waals surface area (Å²) in [5.74, 6) is 0.871. The standard InChI is InChI=1S/C21H23N5/c1-3-4-5-7-15(2)18(13-22)20-12-19(25-14-26-20)16-9-11-24-21-17(16)8-6-10-23-21/h3-4,6,8-10,12-14H,2,5,7,11,22H2,1H3,(H,23,24)/b4-3-,18-13+. The van der Waals surface area contributed by atoms with Crippen molar-refractivity contribution in [3.05, 3.63) is 84.3 Å². The molecule has 0 aliphatic carbocycles. The van der Waals surface area contributed by atoms with E-state index in [1.54, 1.807) is 18.7 Å². The highest BCUT2D eigenvalue weighted by Gasteiger charge is 2.17. The summed E-state index contributed by atoms with van der Waals surface area (Å²) in [6.07, 6.45) is 13.0. The molecule has 2 aromatic rings. The Morgan fingerprint density at radius 3 is 3.04 bits per heavy atom. The van der Waals surface area contributed by atoms with Crippen molar-refractivity contribution in [1.29, 1.82) is 0 Å². The van der Waals surface area contributed by atoms with E-state index in [0.717, 1.165) is 52.3 Å². The smallest absolute Gasteiger partial charge is 0.134 e. The molecule has 26 heavy (non-hydrogen) atoms. The second-order valence-electron chi connectivity index (χ2n) is 5.98. The number of hydrogen-bond acceptors (Lipinski definition) is 5. The first kappa shape index (κ1) is 17.6. The molecule has 0 saturated carbocycles. The van der Waals surface area contributed by atoms with Crippen molar-refractivity contribution in [3.8, 4) is 0 Å². The van der Waals surface area contributed by atoms with Gasteiger partial charge in [0.25, 0.3) is 0 Å². The first-order chi connectivity index (χ1) is 12.7. The Kier molecular flexibility index (Phi) is 5.59. The minimum Gasteiger partial charge on any atom is -0.404 e.